The molecule has 0 bridgehead atoms. The van der Waals surface area contributed by atoms with Crippen molar-refractivity contribution in [1.29, 1.82) is 0 Å². The number of hydrogen-bond acceptors (Lipinski definition) is 3. The van der Waals surface area contributed by atoms with Crippen LogP contribution in [-0.4, -0.2) is 47.2 Å². The standard InChI is InChI=1S/C20H26N4O/c1-24-11-9-20(10-12-24,16-5-3-2-4-6-16)19(25)22-17-8-7-15-14-21-23-18(15)13-17/h2-6,14,17H,7-13H2,1H3,(H,21,23)(H,22,25). The zero-order chi connectivity index (χ0) is 17.3. The first kappa shape index (κ1) is 16.3. The van der Waals surface area contributed by atoms with Crippen LogP contribution in [0, 0.1) is 0 Å². The summed E-state index contributed by atoms with van der Waals surface area (Å²) in [4.78, 5) is 15.7. The van der Waals surface area contributed by atoms with Crippen molar-refractivity contribution in [3.05, 3.63) is 53.3 Å². The first-order valence-corrected chi connectivity index (χ1v) is 9.23. The Kier molecular flexibility index (Phi) is 4.34. The molecule has 2 aromatic rings. The van der Waals surface area contributed by atoms with Gasteiger partial charge in [0.1, 0.15) is 0 Å². The van der Waals surface area contributed by atoms with Crippen LogP contribution in [0.4, 0.5) is 0 Å². The van der Waals surface area contributed by atoms with E-state index in [4.69, 9.17) is 0 Å². The van der Waals surface area contributed by atoms with Crippen LogP contribution in [0.25, 0.3) is 0 Å². The van der Waals surface area contributed by atoms with Gasteiger partial charge in [0.25, 0.3) is 0 Å². The van der Waals surface area contributed by atoms with Crippen LogP contribution in [0.5, 0.6) is 0 Å². The molecule has 5 nitrogen and oxygen atoms in total. The second-order valence-electron chi connectivity index (χ2n) is 7.54. The van der Waals surface area contributed by atoms with Crippen molar-refractivity contribution in [3.8, 4) is 0 Å². The molecule has 0 saturated carbocycles. The van der Waals surface area contributed by atoms with Gasteiger partial charge in [0.2, 0.25) is 5.91 Å². The highest BCUT2D eigenvalue weighted by atomic mass is 16.2. The van der Waals surface area contributed by atoms with Crippen molar-refractivity contribution in [2.24, 2.45) is 0 Å². The molecule has 0 spiro atoms. The third-order valence-electron chi connectivity index (χ3n) is 5.96. The number of nitrogens with one attached hydrogen (secondary N) is 2. The van der Waals surface area contributed by atoms with E-state index in [0.29, 0.717) is 0 Å². The largest absolute Gasteiger partial charge is 0.352 e. The molecule has 1 aromatic heterocycles. The van der Waals surface area contributed by atoms with Crippen LogP contribution in [-0.2, 0) is 23.1 Å². The van der Waals surface area contributed by atoms with E-state index in [9.17, 15) is 4.79 Å². The van der Waals surface area contributed by atoms with Gasteiger partial charge in [-0.2, -0.15) is 5.10 Å². The summed E-state index contributed by atoms with van der Waals surface area (Å²) in [5.74, 6) is 0.194. The lowest BCUT2D eigenvalue weighted by atomic mass is 9.71. The Morgan fingerprint density at radius 1 is 1.28 bits per heavy atom. The van der Waals surface area contributed by atoms with Gasteiger partial charge in [-0.05, 0) is 56.9 Å². The van der Waals surface area contributed by atoms with Crippen molar-refractivity contribution >= 4 is 5.91 Å². The fourth-order valence-corrected chi connectivity index (χ4v) is 4.26. The van der Waals surface area contributed by atoms with Crippen LogP contribution in [0.3, 0.4) is 0 Å². The van der Waals surface area contributed by atoms with Crippen LogP contribution in [0.15, 0.2) is 36.5 Å². The summed E-state index contributed by atoms with van der Waals surface area (Å²) in [6.45, 7) is 1.91. The third kappa shape index (κ3) is 3.09. The number of likely N-dealkylation sites (tertiary alicyclic amines) is 1. The zero-order valence-corrected chi connectivity index (χ0v) is 14.8. The monoisotopic (exact) mass is 338 g/mol. The smallest absolute Gasteiger partial charge is 0.230 e. The van der Waals surface area contributed by atoms with Gasteiger partial charge in [0, 0.05) is 18.2 Å². The van der Waals surface area contributed by atoms with Gasteiger partial charge in [-0.3, -0.25) is 9.89 Å². The number of piperidine rings is 1. The third-order valence-corrected chi connectivity index (χ3v) is 5.96. The predicted molar refractivity (Wildman–Crippen MR) is 97.4 cm³/mol. The van der Waals surface area contributed by atoms with Crippen molar-refractivity contribution in [2.45, 2.75) is 43.6 Å². The Hall–Kier alpha value is -2.14. The summed E-state index contributed by atoms with van der Waals surface area (Å²) < 4.78 is 0. The average Bonchev–Trinajstić information content (AvgIpc) is 3.11. The Balaban J connectivity index is 1.55. The number of aromatic nitrogens is 2. The van der Waals surface area contributed by atoms with Crippen LogP contribution >= 0.6 is 0 Å². The van der Waals surface area contributed by atoms with Gasteiger partial charge < -0.3 is 10.2 Å². The Labute approximate surface area is 148 Å². The van der Waals surface area contributed by atoms with Gasteiger partial charge in [0.05, 0.1) is 11.6 Å². The number of carbonyl (C=O) groups is 1. The highest BCUT2D eigenvalue weighted by Crippen LogP contribution is 2.36. The van der Waals surface area contributed by atoms with Crippen molar-refractivity contribution < 1.29 is 4.79 Å². The molecule has 0 radical (unpaired) electrons. The molecular formula is C20H26N4O. The molecule has 2 aliphatic rings. The van der Waals surface area contributed by atoms with E-state index in [1.165, 1.54) is 11.3 Å². The van der Waals surface area contributed by atoms with E-state index < -0.39 is 5.41 Å². The number of amides is 1. The van der Waals surface area contributed by atoms with E-state index in [-0.39, 0.29) is 11.9 Å². The summed E-state index contributed by atoms with van der Waals surface area (Å²) in [5.41, 5.74) is 3.22. The molecule has 2 N–H and O–H groups in total. The number of H-pyrrole nitrogens is 1. The normalized spacial score (nSPS) is 23.0. The van der Waals surface area contributed by atoms with E-state index in [0.717, 1.165) is 50.8 Å². The lowest BCUT2D eigenvalue weighted by Gasteiger charge is -2.41. The SMILES string of the molecule is CN1CCC(C(=O)NC2CCc3cn[nH]c3C2)(c2ccccc2)CC1. The minimum Gasteiger partial charge on any atom is -0.352 e. The van der Waals surface area contributed by atoms with Gasteiger partial charge >= 0.3 is 0 Å². The topological polar surface area (TPSA) is 61.0 Å². The number of aromatic amines is 1. The zero-order valence-electron chi connectivity index (χ0n) is 14.8. The number of hydrogen-bond donors (Lipinski definition) is 2. The van der Waals surface area contributed by atoms with Gasteiger partial charge in [0.15, 0.2) is 0 Å². The maximum atomic E-state index is 13.4. The molecule has 132 valence electrons. The minimum atomic E-state index is -0.401. The molecule has 5 heteroatoms. The van der Waals surface area contributed by atoms with E-state index in [1.807, 2.05) is 24.4 Å². The molecule has 2 heterocycles. The first-order valence-electron chi connectivity index (χ1n) is 9.23. The van der Waals surface area contributed by atoms with Gasteiger partial charge in [-0.1, -0.05) is 30.3 Å². The maximum absolute atomic E-state index is 13.4. The molecule has 4 rings (SSSR count). The lowest BCUT2D eigenvalue weighted by Crippen LogP contribution is -2.54. The van der Waals surface area contributed by atoms with E-state index >= 15 is 0 Å². The summed E-state index contributed by atoms with van der Waals surface area (Å²) in [5, 5.41) is 10.6. The van der Waals surface area contributed by atoms with E-state index in [1.54, 1.807) is 0 Å². The number of benzene rings is 1. The van der Waals surface area contributed by atoms with Crippen LogP contribution in [0.1, 0.15) is 36.1 Å². The van der Waals surface area contributed by atoms with Crippen LogP contribution < -0.4 is 5.32 Å². The minimum absolute atomic E-state index is 0.194. The summed E-state index contributed by atoms with van der Waals surface area (Å²) in [6.07, 6.45) is 6.49. The molecule has 1 aliphatic heterocycles. The molecule has 1 fully saturated rings. The summed E-state index contributed by atoms with van der Waals surface area (Å²) in [6, 6.07) is 10.5. The molecule has 1 saturated heterocycles. The second kappa shape index (κ2) is 6.64. The quantitative estimate of drug-likeness (QED) is 0.900. The molecule has 1 amide bonds. The molecular weight excluding hydrogens is 312 g/mol. The Morgan fingerprint density at radius 2 is 2.04 bits per heavy atom. The van der Waals surface area contributed by atoms with Gasteiger partial charge in [-0.25, -0.2) is 0 Å². The number of fused-ring (bicyclic) bond motifs is 1. The molecule has 1 atom stereocenters. The molecule has 1 unspecified atom stereocenters. The van der Waals surface area contributed by atoms with Crippen molar-refractivity contribution in [3.63, 3.8) is 0 Å². The second-order valence-corrected chi connectivity index (χ2v) is 7.54. The average molecular weight is 338 g/mol. The number of aryl methyl sites for hydroxylation is 1. The summed E-state index contributed by atoms with van der Waals surface area (Å²) >= 11 is 0. The Bertz CT molecular complexity index is 731. The summed E-state index contributed by atoms with van der Waals surface area (Å²) in [7, 11) is 2.13. The first-order chi connectivity index (χ1) is 12.2. The van der Waals surface area contributed by atoms with E-state index in [2.05, 4.69) is 39.6 Å². The Morgan fingerprint density at radius 3 is 2.80 bits per heavy atom. The highest BCUT2D eigenvalue weighted by molar-refractivity contribution is 5.88. The van der Waals surface area contributed by atoms with Crippen LogP contribution in [0.2, 0.25) is 0 Å². The van der Waals surface area contributed by atoms with Gasteiger partial charge in [-0.15, -0.1) is 0 Å². The van der Waals surface area contributed by atoms with Crippen molar-refractivity contribution in [2.75, 3.05) is 20.1 Å². The fraction of sp³-hybridized carbons (Fsp3) is 0.500. The number of rotatable bonds is 3. The number of nitrogens with zero attached hydrogens (tertiary/aromatic N) is 2. The molecule has 1 aromatic carbocycles. The number of carbonyl (C=O) groups excluding carboxylic acids is 1. The maximum Gasteiger partial charge on any atom is 0.230 e. The predicted octanol–water partition coefficient (Wildman–Crippen LogP) is 2.05. The van der Waals surface area contributed by atoms with Crippen molar-refractivity contribution in [1.82, 2.24) is 20.4 Å². The molecule has 25 heavy (non-hydrogen) atoms. The molecule has 1 aliphatic carbocycles. The fourth-order valence-electron chi connectivity index (χ4n) is 4.26. The lowest BCUT2D eigenvalue weighted by molar-refractivity contribution is -0.129. The highest BCUT2D eigenvalue weighted by Gasteiger charge is 2.43.